The van der Waals surface area contributed by atoms with E-state index in [9.17, 15) is 18.0 Å². The zero-order chi connectivity index (χ0) is 35.6. The highest BCUT2D eigenvalue weighted by atomic mass is 32.2. The van der Waals surface area contributed by atoms with E-state index in [2.05, 4.69) is 21.3 Å². The van der Waals surface area contributed by atoms with Gasteiger partial charge in [-0.15, -0.1) is 0 Å². The molecule has 0 radical (unpaired) electrons. The number of carbonyl (C=O) groups excluding carboxylic acids is 2. The maximum Gasteiger partial charge on any atom is 0.237 e. The lowest BCUT2D eigenvalue weighted by Crippen LogP contribution is -2.43. The number of nitrogens with two attached hydrogens (primary N) is 1. The van der Waals surface area contributed by atoms with E-state index in [4.69, 9.17) is 16.6 Å². The van der Waals surface area contributed by atoms with Crippen molar-refractivity contribution in [2.45, 2.75) is 24.2 Å². The third-order valence-corrected chi connectivity index (χ3v) is 11.0. The van der Waals surface area contributed by atoms with Gasteiger partial charge in [-0.3, -0.25) is 25.3 Å². The van der Waals surface area contributed by atoms with Crippen LogP contribution in [0, 0.1) is 16.2 Å². The van der Waals surface area contributed by atoms with Crippen molar-refractivity contribution in [3.8, 4) is 0 Å². The first kappa shape index (κ1) is 34.7. The number of benzene rings is 3. The van der Waals surface area contributed by atoms with Crippen molar-refractivity contribution in [1.82, 2.24) is 15.1 Å². The van der Waals surface area contributed by atoms with Crippen molar-refractivity contribution in [3.05, 3.63) is 95.1 Å². The lowest BCUT2D eigenvalue weighted by Gasteiger charge is -2.29. The van der Waals surface area contributed by atoms with E-state index >= 15 is 0 Å². The lowest BCUT2D eigenvalue weighted by molar-refractivity contribution is -0.132. The number of likely N-dealkylation sites (tertiary alicyclic amines) is 1. The SMILES string of the molecule is CN/C=N\C(=N)c1ccc(C2=CCN(C(=O)CN3CC[C@]4(CCN(c5ccc(N)c(C(=N)c6ccc(S(C)(=O)=O)cc6)c5)C4=O)C3)CC2)cc1. The number of nitrogens with one attached hydrogen (secondary N) is 3. The first-order chi connectivity index (χ1) is 23.9. The van der Waals surface area contributed by atoms with Crippen molar-refractivity contribution in [1.29, 1.82) is 10.8 Å². The molecule has 6 rings (SSSR count). The van der Waals surface area contributed by atoms with Gasteiger partial charge in [0.1, 0.15) is 0 Å². The highest BCUT2D eigenvalue weighted by Gasteiger charge is 2.51. The summed E-state index contributed by atoms with van der Waals surface area (Å²) in [5.41, 5.74) is 10.9. The van der Waals surface area contributed by atoms with E-state index in [-0.39, 0.29) is 34.8 Å². The predicted molar refractivity (Wildman–Crippen MR) is 197 cm³/mol. The standard InChI is InChI=1S/C37H42N8O4S/c1-41-24-42-35(40)28-5-3-25(4-6-28)26-13-17-44(18-14-26)33(46)22-43-19-15-37(23-43)16-20-45(36(37)47)29-9-12-32(38)31(21-29)34(39)27-7-10-30(11-8-27)50(2,48)49/h3-13,21,24,39H,14-20,22-23,38H2,1-2H3,(H2,40,41,42)/t37-/m0/s1. The minimum Gasteiger partial charge on any atom is -0.398 e. The molecule has 0 aromatic heterocycles. The van der Waals surface area contributed by atoms with Gasteiger partial charge in [-0.2, -0.15) is 0 Å². The molecule has 3 aliphatic rings. The molecule has 3 aromatic carbocycles. The molecule has 2 amide bonds. The van der Waals surface area contributed by atoms with E-state index in [0.29, 0.717) is 68.1 Å². The number of nitrogen functional groups attached to an aromatic ring is 1. The average molecular weight is 695 g/mol. The van der Waals surface area contributed by atoms with Gasteiger partial charge in [0.2, 0.25) is 11.8 Å². The number of amidine groups is 1. The van der Waals surface area contributed by atoms with Crippen LogP contribution in [-0.2, 0) is 19.4 Å². The summed E-state index contributed by atoms with van der Waals surface area (Å²) in [5.74, 6) is 0.259. The van der Waals surface area contributed by atoms with E-state index < -0.39 is 15.3 Å². The quantitative estimate of drug-likeness (QED) is 0.151. The molecule has 5 N–H and O–H groups in total. The molecule has 1 atom stereocenters. The molecule has 1 spiro atoms. The topological polar surface area (TPSA) is 176 Å². The number of amides is 2. The van der Waals surface area contributed by atoms with Crippen molar-refractivity contribution >= 4 is 56.5 Å². The Labute approximate surface area is 292 Å². The first-order valence-electron chi connectivity index (χ1n) is 16.6. The second-order valence-electron chi connectivity index (χ2n) is 13.2. The minimum absolute atomic E-state index is 0.0211. The zero-order valence-electron chi connectivity index (χ0n) is 28.3. The maximum absolute atomic E-state index is 13.9. The van der Waals surface area contributed by atoms with Crippen LogP contribution in [-0.4, -0.2) is 100 Å². The predicted octanol–water partition coefficient (Wildman–Crippen LogP) is 3.41. The Hall–Kier alpha value is -5.14. The Morgan fingerprint density at radius 3 is 2.36 bits per heavy atom. The number of hydrogen-bond acceptors (Lipinski definition) is 8. The zero-order valence-corrected chi connectivity index (χ0v) is 29.1. The summed E-state index contributed by atoms with van der Waals surface area (Å²) in [7, 11) is -1.63. The molecule has 3 heterocycles. The van der Waals surface area contributed by atoms with Crippen LogP contribution in [0.3, 0.4) is 0 Å². The fourth-order valence-corrected chi connectivity index (χ4v) is 7.62. The summed E-state index contributed by atoms with van der Waals surface area (Å²) in [5, 5.41) is 19.6. The molecule has 0 saturated carbocycles. The van der Waals surface area contributed by atoms with Crippen LogP contribution >= 0.6 is 0 Å². The number of rotatable bonds is 9. The van der Waals surface area contributed by atoms with Gasteiger partial charge in [0.15, 0.2) is 15.7 Å². The van der Waals surface area contributed by atoms with E-state index in [0.717, 1.165) is 23.8 Å². The molecule has 2 fully saturated rings. The lowest BCUT2D eigenvalue weighted by atomic mass is 9.85. The molecule has 13 heteroatoms. The Kier molecular flexibility index (Phi) is 9.72. The van der Waals surface area contributed by atoms with Gasteiger partial charge in [0, 0.05) is 67.5 Å². The fraction of sp³-hybridized carbons (Fsp3) is 0.324. The molecule has 0 unspecified atom stereocenters. The molecule has 260 valence electrons. The normalized spacial score (nSPS) is 19.7. The molecule has 12 nitrogen and oxygen atoms in total. The van der Waals surface area contributed by atoms with Crippen LogP contribution in [0.25, 0.3) is 5.57 Å². The van der Waals surface area contributed by atoms with E-state index in [1.165, 1.54) is 24.0 Å². The van der Waals surface area contributed by atoms with Gasteiger partial charge in [-0.05, 0) is 67.3 Å². The second-order valence-corrected chi connectivity index (χ2v) is 15.2. The van der Waals surface area contributed by atoms with Gasteiger partial charge in [-0.1, -0.05) is 42.5 Å². The molecule has 3 aromatic rings. The van der Waals surface area contributed by atoms with Crippen molar-refractivity contribution in [3.63, 3.8) is 0 Å². The van der Waals surface area contributed by atoms with Crippen LogP contribution in [0.2, 0.25) is 0 Å². The molecule has 2 saturated heterocycles. The first-order valence-corrected chi connectivity index (χ1v) is 18.5. The minimum atomic E-state index is -3.36. The van der Waals surface area contributed by atoms with E-state index in [1.54, 1.807) is 42.3 Å². The maximum atomic E-state index is 13.9. The van der Waals surface area contributed by atoms with Gasteiger partial charge >= 0.3 is 0 Å². The number of carbonyl (C=O) groups is 2. The van der Waals surface area contributed by atoms with Crippen molar-refractivity contribution in [2.75, 3.05) is 63.2 Å². The summed E-state index contributed by atoms with van der Waals surface area (Å²) in [6.45, 7) is 3.14. The smallest absolute Gasteiger partial charge is 0.237 e. The summed E-state index contributed by atoms with van der Waals surface area (Å²) in [6, 6.07) is 19.1. The fourth-order valence-electron chi connectivity index (χ4n) is 6.99. The Balaban J connectivity index is 1.06. The van der Waals surface area contributed by atoms with Crippen LogP contribution in [0.1, 0.15) is 41.5 Å². The van der Waals surface area contributed by atoms with Gasteiger partial charge in [-0.25, -0.2) is 13.4 Å². The molecule has 3 aliphatic heterocycles. The Morgan fingerprint density at radius 2 is 1.70 bits per heavy atom. The van der Waals surface area contributed by atoms with Gasteiger partial charge in [0.25, 0.3) is 0 Å². The second kappa shape index (κ2) is 14.0. The number of anilines is 2. The molecule has 50 heavy (non-hydrogen) atoms. The summed E-state index contributed by atoms with van der Waals surface area (Å²) < 4.78 is 23.7. The molecule has 0 aliphatic carbocycles. The number of nitrogens with zero attached hydrogens (tertiary/aromatic N) is 4. The molecular weight excluding hydrogens is 653 g/mol. The monoisotopic (exact) mass is 694 g/mol. The summed E-state index contributed by atoms with van der Waals surface area (Å²) >= 11 is 0. The Bertz CT molecular complexity index is 2010. The number of hydrogen-bond donors (Lipinski definition) is 4. The highest BCUT2D eigenvalue weighted by Crippen LogP contribution is 2.43. The third-order valence-electron chi connectivity index (χ3n) is 9.91. The van der Waals surface area contributed by atoms with Crippen LogP contribution < -0.4 is 16.0 Å². The number of aliphatic imine (C=N–C) groups is 1. The average Bonchev–Trinajstić information content (AvgIpc) is 3.68. The van der Waals surface area contributed by atoms with Crippen LogP contribution in [0.4, 0.5) is 11.4 Å². The molecular formula is C37H42N8O4S. The van der Waals surface area contributed by atoms with Crippen molar-refractivity contribution in [2.24, 2.45) is 10.4 Å². The van der Waals surface area contributed by atoms with Crippen LogP contribution in [0.15, 0.2) is 82.7 Å². The third kappa shape index (κ3) is 7.10. The van der Waals surface area contributed by atoms with E-state index in [1.807, 2.05) is 29.2 Å². The number of sulfone groups is 1. The van der Waals surface area contributed by atoms with Gasteiger partial charge in [0.05, 0.1) is 28.9 Å². The summed E-state index contributed by atoms with van der Waals surface area (Å²) in [6.07, 6.45) is 6.81. The Morgan fingerprint density at radius 1 is 1.00 bits per heavy atom. The highest BCUT2D eigenvalue weighted by molar-refractivity contribution is 7.90. The van der Waals surface area contributed by atoms with Crippen LogP contribution in [0.5, 0.6) is 0 Å². The largest absolute Gasteiger partial charge is 0.398 e. The summed E-state index contributed by atoms with van der Waals surface area (Å²) in [4.78, 5) is 37.2. The van der Waals surface area contributed by atoms with Gasteiger partial charge < -0.3 is 20.9 Å². The van der Waals surface area contributed by atoms with Crippen molar-refractivity contribution < 1.29 is 18.0 Å². The molecule has 0 bridgehead atoms.